The normalized spacial score (nSPS) is 11.7. The Hall–Kier alpha value is -2.87. The number of aromatic nitrogens is 3. The molecular weight excluding hydrogens is 402 g/mol. The fourth-order valence-corrected chi connectivity index (χ4v) is 3.75. The maximum Gasteiger partial charge on any atom is 0.191 e. The lowest BCUT2D eigenvalue weighted by Gasteiger charge is -2.17. The number of ether oxygens (including phenoxy) is 4. The van der Waals surface area contributed by atoms with E-state index < -0.39 is 0 Å². The molecule has 3 rings (SSSR count). The van der Waals surface area contributed by atoms with Gasteiger partial charge in [0.1, 0.15) is 11.5 Å². The van der Waals surface area contributed by atoms with Gasteiger partial charge in [0, 0.05) is 12.3 Å². The molecule has 0 aliphatic heterocycles. The smallest absolute Gasteiger partial charge is 0.191 e. The van der Waals surface area contributed by atoms with Gasteiger partial charge in [0.2, 0.25) is 0 Å². The Bertz CT molecular complexity index is 930. The zero-order valence-electron chi connectivity index (χ0n) is 17.7. The second-order valence-corrected chi connectivity index (χ2v) is 7.43. The number of para-hydroxylation sites is 2. The number of nitrogens with zero attached hydrogens (tertiary/aromatic N) is 3. The van der Waals surface area contributed by atoms with E-state index in [1.54, 1.807) is 26.0 Å². The standard InChI is InChI=1S/C22H27N3O4S/c1-5-25-21(16(2)29-20-9-7-6-8-19(20)27-4)23-24-22(25)30-15-14-28-18-12-10-17(26-3)11-13-18/h6-13,16H,5,14-15H2,1-4H3. The van der Waals surface area contributed by atoms with Crippen molar-refractivity contribution in [2.75, 3.05) is 26.6 Å². The molecule has 1 heterocycles. The summed E-state index contributed by atoms with van der Waals surface area (Å²) in [5.74, 6) is 4.53. The van der Waals surface area contributed by atoms with Crippen molar-refractivity contribution in [3.05, 3.63) is 54.4 Å². The van der Waals surface area contributed by atoms with Gasteiger partial charge in [-0.25, -0.2) is 0 Å². The van der Waals surface area contributed by atoms with Crippen molar-refractivity contribution in [2.45, 2.75) is 31.7 Å². The highest BCUT2D eigenvalue weighted by atomic mass is 32.2. The molecule has 7 nitrogen and oxygen atoms in total. The predicted molar refractivity (Wildman–Crippen MR) is 117 cm³/mol. The first-order chi connectivity index (χ1) is 14.7. The maximum atomic E-state index is 6.09. The number of hydrogen-bond donors (Lipinski definition) is 0. The summed E-state index contributed by atoms with van der Waals surface area (Å²) in [4.78, 5) is 0. The molecule has 160 valence electrons. The highest BCUT2D eigenvalue weighted by molar-refractivity contribution is 7.99. The minimum absolute atomic E-state index is 0.265. The highest BCUT2D eigenvalue weighted by Crippen LogP contribution is 2.31. The van der Waals surface area contributed by atoms with Crippen LogP contribution in [-0.4, -0.2) is 41.3 Å². The number of thioether (sulfide) groups is 1. The van der Waals surface area contributed by atoms with Gasteiger partial charge in [0.05, 0.1) is 20.8 Å². The van der Waals surface area contributed by atoms with Crippen LogP contribution >= 0.6 is 11.8 Å². The van der Waals surface area contributed by atoms with Crippen molar-refractivity contribution in [3.8, 4) is 23.0 Å². The van der Waals surface area contributed by atoms with Crippen LogP contribution in [0.4, 0.5) is 0 Å². The Morgan fingerprint density at radius 1 is 0.933 bits per heavy atom. The monoisotopic (exact) mass is 429 g/mol. The third-order valence-electron chi connectivity index (χ3n) is 4.44. The SMILES string of the molecule is CCn1c(SCCOc2ccc(OC)cc2)nnc1C(C)Oc1ccccc1OC. The number of benzene rings is 2. The molecule has 3 aromatic rings. The van der Waals surface area contributed by atoms with Crippen LogP contribution in [0.15, 0.2) is 53.7 Å². The fourth-order valence-electron chi connectivity index (χ4n) is 2.93. The molecule has 1 aromatic heterocycles. The lowest BCUT2D eigenvalue weighted by Crippen LogP contribution is -2.12. The molecule has 0 saturated carbocycles. The summed E-state index contributed by atoms with van der Waals surface area (Å²) >= 11 is 1.61. The molecule has 0 aliphatic rings. The lowest BCUT2D eigenvalue weighted by atomic mass is 10.3. The Kier molecular flexibility index (Phi) is 7.84. The van der Waals surface area contributed by atoms with Crippen molar-refractivity contribution in [1.29, 1.82) is 0 Å². The van der Waals surface area contributed by atoms with E-state index in [1.807, 2.05) is 55.5 Å². The van der Waals surface area contributed by atoms with E-state index in [0.717, 1.165) is 34.8 Å². The number of hydrogen-bond acceptors (Lipinski definition) is 7. The molecule has 8 heteroatoms. The molecule has 0 saturated heterocycles. The van der Waals surface area contributed by atoms with Crippen LogP contribution in [0.25, 0.3) is 0 Å². The average Bonchev–Trinajstić information content (AvgIpc) is 3.20. The van der Waals surface area contributed by atoms with Crippen molar-refractivity contribution < 1.29 is 18.9 Å². The van der Waals surface area contributed by atoms with Gasteiger partial charge >= 0.3 is 0 Å². The van der Waals surface area contributed by atoms with Gasteiger partial charge in [0.15, 0.2) is 28.6 Å². The summed E-state index contributed by atoms with van der Waals surface area (Å²) in [5, 5.41) is 9.57. The maximum absolute atomic E-state index is 6.09. The molecule has 1 atom stereocenters. The number of rotatable bonds is 11. The molecule has 0 radical (unpaired) electrons. The van der Waals surface area contributed by atoms with Crippen LogP contribution < -0.4 is 18.9 Å². The van der Waals surface area contributed by atoms with E-state index in [-0.39, 0.29) is 6.10 Å². The van der Waals surface area contributed by atoms with Crippen LogP contribution in [0.1, 0.15) is 25.8 Å². The summed E-state index contributed by atoms with van der Waals surface area (Å²) in [6.07, 6.45) is -0.265. The van der Waals surface area contributed by atoms with E-state index in [2.05, 4.69) is 21.7 Å². The molecule has 0 amide bonds. The van der Waals surface area contributed by atoms with E-state index in [0.29, 0.717) is 18.1 Å². The summed E-state index contributed by atoms with van der Waals surface area (Å²) in [5.41, 5.74) is 0. The van der Waals surface area contributed by atoms with Crippen molar-refractivity contribution in [2.24, 2.45) is 0 Å². The molecule has 0 aliphatic carbocycles. The highest BCUT2D eigenvalue weighted by Gasteiger charge is 2.19. The predicted octanol–water partition coefficient (Wildman–Crippen LogP) is 4.63. The average molecular weight is 430 g/mol. The van der Waals surface area contributed by atoms with E-state index >= 15 is 0 Å². The molecule has 2 aromatic carbocycles. The molecule has 30 heavy (non-hydrogen) atoms. The number of methoxy groups -OCH3 is 2. The fraction of sp³-hybridized carbons (Fsp3) is 0.364. The van der Waals surface area contributed by atoms with Gasteiger partial charge in [-0.1, -0.05) is 23.9 Å². The second kappa shape index (κ2) is 10.8. The van der Waals surface area contributed by atoms with Crippen LogP contribution in [0, 0.1) is 0 Å². The van der Waals surface area contributed by atoms with Crippen molar-refractivity contribution in [1.82, 2.24) is 14.8 Å². The molecule has 0 bridgehead atoms. The van der Waals surface area contributed by atoms with Crippen molar-refractivity contribution in [3.63, 3.8) is 0 Å². The molecule has 1 unspecified atom stereocenters. The minimum Gasteiger partial charge on any atom is -0.497 e. The van der Waals surface area contributed by atoms with E-state index in [4.69, 9.17) is 18.9 Å². The first kappa shape index (κ1) is 21.8. The third-order valence-corrected chi connectivity index (χ3v) is 5.37. The lowest BCUT2D eigenvalue weighted by molar-refractivity contribution is 0.200. The topological polar surface area (TPSA) is 67.6 Å². The molecule has 0 fully saturated rings. The minimum atomic E-state index is -0.265. The van der Waals surface area contributed by atoms with Gasteiger partial charge in [-0.15, -0.1) is 10.2 Å². The summed E-state index contributed by atoms with van der Waals surface area (Å²) in [6.45, 7) is 5.35. The Balaban J connectivity index is 1.57. The van der Waals surface area contributed by atoms with Gasteiger partial charge in [-0.2, -0.15) is 0 Å². The Morgan fingerprint density at radius 2 is 1.63 bits per heavy atom. The van der Waals surface area contributed by atoms with Crippen LogP contribution in [0.5, 0.6) is 23.0 Å². The zero-order chi connectivity index (χ0) is 21.3. The Morgan fingerprint density at radius 3 is 2.30 bits per heavy atom. The third kappa shape index (κ3) is 5.38. The van der Waals surface area contributed by atoms with Crippen LogP contribution in [-0.2, 0) is 6.54 Å². The zero-order valence-corrected chi connectivity index (χ0v) is 18.5. The van der Waals surface area contributed by atoms with Gasteiger partial charge in [-0.05, 0) is 50.2 Å². The molecule has 0 spiro atoms. The van der Waals surface area contributed by atoms with Gasteiger partial charge in [-0.3, -0.25) is 0 Å². The summed E-state index contributed by atoms with van der Waals surface area (Å²) in [6, 6.07) is 15.1. The first-order valence-corrected chi connectivity index (χ1v) is 10.8. The Labute approximate surface area is 181 Å². The van der Waals surface area contributed by atoms with Gasteiger partial charge in [0.25, 0.3) is 0 Å². The van der Waals surface area contributed by atoms with Gasteiger partial charge < -0.3 is 23.5 Å². The quantitative estimate of drug-likeness (QED) is 0.325. The van der Waals surface area contributed by atoms with Crippen molar-refractivity contribution >= 4 is 11.8 Å². The van der Waals surface area contributed by atoms with Crippen LogP contribution in [0.2, 0.25) is 0 Å². The first-order valence-electron chi connectivity index (χ1n) is 9.78. The van der Waals surface area contributed by atoms with Crippen LogP contribution in [0.3, 0.4) is 0 Å². The molecule has 0 N–H and O–H groups in total. The molecular formula is C22H27N3O4S. The van der Waals surface area contributed by atoms with E-state index in [1.165, 1.54) is 0 Å². The largest absolute Gasteiger partial charge is 0.497 e. The van der Waals surface area contributed by atoms with E-state index in [9.17, 15) is 0 Å². The second-order valence-electron chi connectivity index (χ2n) is 6.37. The summed E-state index contributed by atoms with van der Waals surface area (Å²) < 4.78 is 24.5. The summed E-state index contributed by atoms with van der Waals surface area (Å²) in [7, 11) is 3.27.